The van der Waals surface area contributed by atoms with Crippen molar-refractivity contribution < 1.29 is 9.53 Å². The summed E-state index contributed by atoms with van der Waals surface area (Å²) in [6.45, 7) is 5.53. The van der Waals surface area contributed by atoms with E-state index in [1.54, 1.807) is 11.3 Å². The topological polar surface area (TPSA) is 78.5 Å². The molecule has 0 unspecified atom stereocenters. The number of carbonyl (C=O) groups excluding carboxylic acids is 1. The molecule has 1 N–H and O–H groups in total. The predicted octanol–water partition coefficient (Wildman–Crippen LogP) is 3.15. The number of benzene rings is 1. The Bertz CT molecular complexity index is 1210. The van der Waals surface area contributed by atoms with Gasteiger partial charge in [0.25, 0.3) is 11.5 Å². The van der Waals surface area contributed by atoms with E-state index in [2.05, 4.69) is 16.8 Å². The molecule has 0 radical (unpaired) electrons. The second kappa shape index (κ2) is 9.65. The van der Waals surface area contributed by atoms with Crippen molar-refractivity contribution in [2.75, 3.05) is 32.8 Å². The molecule has 0 bridgehead atoms. The molecule has 33 heavy (non-hydrogen) atoms. The zero-order valence-electron chi connectivity index (χ0n) is 19.1. The molecule has 5 rings (SSSR count). The van der Waals surface area contributed by atoms with E-state index in [9.17, 15) is 9.59 Å². The van der Waals surface area contributed by atoms with Crippen LogP contribution in [0.5, 0.6) is 5.75 Å². The molecule has 1 saturated heterocycles. The van der Waals surface area contributed by atoms with Crippen molar-refractivity contribution in [2.45, 2.75) is 45.6 Å². The fraction of sp³-hybridized carbons (Fsp3) is 0.480. The lowest BCUT2D eigenvalue weighted by Crippen LogP contribution is -2.49. The zero-order valence-corrected chi connectivity index (χ0v) is 19.9. The van der Waals surface area contributed by atoms with Crippen LogP contribution < -0.4 is 10.3 Å². The monoisotopic (exact) mass is 466 g/mol. The number of carbonyl (C=O) groups is 1. The van der Waals surface area contributed by atoms with E-state index in [0.29, 0.717) is 25.5 Å². The smallest absolute Gasteiger partial charge is 0.260 e. The number of nitrogens with one attached hydrogen (secondary N) is 1. The number of fused-ring (bicyclic) bond motifs is 3. The number of amides is 1. The van der Waals surface area contributed by atoms with Gasteiger partial charge in [-0.05, 0) is 49.3 Å². The van der Waals surface area contributed by atoms with E-state index in [1.165, 1.54) is 16.9 Å². The Morgan fingerprint density at radius 1 is 1.15 bits per heavy atom. The highest BCUT2D eigenvalue weighted by Gasteiger charge is 2.24. The molecule has 7 nitrogen and oxygen atoms in total. The Balaban J connectivity index is 1.17. The first-order chi connectivity index (χ1) is 16.1. The first-order valence-corrected chi connectivity index (χ1v) is 12.7. The number of aromatic amines is 1. The van der Waals surface area contributed by atoms with Crippen LogP contribution in [0, 0.1) is 0 Å². The van der Waals surface area contributed by atoms with Gasteiger partial charge in [-0.1, -0.05) is 25.1 Å². The first-order valence-electron chi connectivity index (χ1n) is 11.9. The maximum atomic E-state index is 12.8. The van der Waals surface area contributed by atoms with Gasteiger partial charge in [0.1, 0.15) is 16.4 Å². The third-order valence-corrected chi connectivity index (χ3v) is 7.86. The van der Waals surface area contributed by atoms with E-state index in [1.807, 2.05) is 29.2 Å². The molecular weight excluding hydrogens is 436 g/mol. The molecule has 3 heterocycles. The number of ether oxygens (including phenoxy) is 1. The third-order valence-electron chi connectivity index (χ3n) is 6.68. The SMILES string of the molecule is CCc1ccccc1OCC(=O)N1CCN(Cc2nc3sc4c(c3c(=O)[nH]2)CCCC4)CC1. The van der Waals surface area contributed by atoms with Gasteiger partial charge in [0, 0.05) is 31.1 Å². The highest BCUT2D eigenvalue weighted by Crippen LogP contribution is 2.33. The molecule has 174 valence electrons. The lowest BCUT2D eigenvalue weighted by molar-refractivity contribution is -0.135. The summed E-state index contributed by atoms with van der Waals surface area (Å²) < 4.78 is 5.80. The Morgan fingerprint density at radius 3 is 2.76 bits per heavy atom. The van der Waals surface area contributed by atoms with E-state index >= 15 is 0 Å². The predicted molar refractivity (Wildman–Crippen MR) is 130 cm³/mol. The normalized spacial score (nSPS) is 16.7. The second-order valence-corrected chi connectivity index (χ2v) is 9.89. The van der Waals surface area contributed by atoms with Crippen LogP contribution in [0.15, 0.2) is 29.1 Å². The number of thiophene rings is 1. The number of para-hydroxylation sites is 1. The Morgan fingerprint density at radius 2 is 1.94 bits per heavy atom. The molecule has 0 atom stereocenters. The van der Waals surface area contributed by atoms with Gasteiger partial charge in [-0.3, -0.25) is 14.5 Å². The van der Waals surface area contributed by atoms with Crippen LogP contribution in [0.4, 0.5) is 0 Å². The Hall–Kier alpha value is -2.71. The van der Waals surface area contributed by atoms with Gasteiger partial charge in [-0.15, -0.1) is 11.3 Å². The van der Waals surface area contributed by atoms with Crippen molar-refractivity contribution in [3.8, 4) is 5.75 Å². The Labute approximate surface area is 197 Å². The van der Waals surface area contributed by atoms with Crippen LogP contribution in [-0.4, -0.2) is 58.5 Å². The van der Waals surface area contributed by atoms with Gasteiger partial charge in [0.15, 0.2) is 6.61 Å². The lowest BCUT2D eigenvalue weighted by Gasteiger charge is -2.34. The fourth-order valence-corrected chi connectivity index (χ4v) is 6.10. The Kier molecular flexibility index (Phi) is 6.46. The lowest BCUT2D eigenvalue weighted by atomic mass is 9.97. The van der Waals surface area contributed by atoms with E-state index in [0.717, 1.165) is 60.3 Å². The molecule has 0 saturated carbocycles. The van der Waals surface area contributed by atoms with Crippen LogP contribution in [0.2, 0.25) is 0 Å². The average molecular weight is 467 g/mol. The van der Waals surface area contributed by atoms with Crippen molar-refractivity contribution in [1.29, 1.82) is 0 Å². The molecule has 0 spiro atoms. The summed E-state index contributed by atoms with van der Waals surface area (Å²) in [5.74, 6) is 1.51. The minimum absolute atomic E-state index is 0.00674. The van der Waals surface area contributed by atoms with Gasteiger partial charge in [0.2, 0.25) is 0 Å². The summed E-state index contributed by atoms with van der Waals surface area (Å²) in [7, 11) is 0. The van der Waals surface area contributed by atoms with Gasteiger partial charge in [0.05, 0.1) is 11.9 Å². The van der Waals surface area contributed by atoms with Gasteiger partial charge < -0.3 is 14.6 Å². The van der Waals surface area contributed by atoms with Crippen molar-refractivity contribution in [3.63, 3.8) is 0 Å². The van der Waals surface area contributed by atoms with Crippen LogP contribution in [0.3, 0.4) is 0 Å². The molecule has 1 amide bonds. The summed E-state index contributed by atoms with van der Waals surface area (Å²) in [6.07, 6.45) is 5.28. The summed E-state index contributed by atoms with van der Waals surface area (Å²) in [5, 5.41) is 0.804. The molecule has 2 aromatic heterocycles. The fourth-order valence-electron chi connectivity index (χ4n) is 4.82. The maximum absolute atomic E-state index is 12.8. The number of hydrogen-bond donors (Lipinski definition) is 1. The number of piperazine rings is 1. The largest absolute Gasteiger partial charge is 0.483 e. The summed E-state index contributed by atoms with van der Waals surface area (Å²) in [6, 6.07) is 7.86. The number of aromatic nitrogens is 2. The molecule has 3 aromatic rings. The molecular formula is C25H30N4O3S. The molecule has 1 aliphatic heterocycles. The summed E-state index contributed by atoms with van der Waals surface area (Å²) in [4.78, 5) is 39.5. The van der Waals surface area contributed by atoms with Gasteiger partial charge in [-0.2, -0.15) is 0 Å². The van der Waals surface area contributed by atoms with Crippen LogP contribution in [0.1, 0.15) is 41.6 Å². The van der Waals surface area contributed by atoms with E-state index < -0.39 is 0 Å². The molecule has 1 aliphatic carbocycles. The van der Waals surface area contributed by atoms with Crippen LogP contribution in [0.25, 0.3) is 10.2 Å². The summed E-state index contributed by atoms with van der Waals surface area (Å²) >= 11 is 1.68. The second-order valence-electron chi connectivity index (χ2n) is 8.81. The third kappa shape index (κ3) is 4.68. The zero-order chi connectivity index (χ0) is 22.8. The maximum Gasteiger partial charge on any atom is 0.260 e. The molecule has 8 heteroatoms. The number of aryl methyl sites for hydroxylation is 3. The number of rotatable bonds is 6. The van der Waals surface area contributed by atoms with Crippen LogP contribution in [-0.2, 0) is 30.6 Å². The first kappa shape index (κ1) is 22.1. The van der Waals surface area contributed by atoms with Crippen molar-refractivity contribution in [1.82, 2.24) is 19.8 Å². The van der Waals surface area contributed by atoms with Crippen molar-refractivity contribution in [3.05, 3.63) is 56.4 Å². The van der Waals surface area contributed by atoms with Crippen LogP contribution >= 0.6 is 11.3 Å². The highest BCUT2D eigenvalue weighted by molar-refractivity contribution is 7.18. The van der Waals surface area contributed by atoms with E-state index in [-0.39, 0.29) is 18.1 Å². The molecule has 1 aromatic carbocycles. The van der Waals surface area contributed by atoms with Crippen molar-refractivity contribution in [2.24, 2.45) is 0 Å². The van der Waals surface area contributed by atoms with E-state index in [4.69, 9.17) is 9.72 Å². The van der Waals surface area contributed by atoms with Gasteiger partial charge in [-0.25, -0.2) is 4.98 Å². The van der Waals surface area contributed by atoms with Crippen molar-refractivity contribution >= 4 is 27.5 Å². The molecule has 1 fully saturated rings. The molecule has 2 aliphatic rings. The van der Waals surface area contributed by atoms with Gasteiger partial charge >= 0.3 is 0 Å². The average Bonchev–Trinajstić information content (AvgIpc) is 3.22. The quantitative estimate of drug-likeness (QED) is 0.604. The number of H-pyrrole nitrogens is 1. The minimum Gasteiger partial charge on any atom is -0.483 e. The number of hydrogen-bond acceptors (Lipinski definition) is 6. The minimum atomic E-state index is -0.00674. The number of nitrogens with zero attached hydrogens (tertiary/aromatic N) is 3. The summed E-state index contributed by atoms with van der Waals surface area (Å²) in [5.41, 5.74) is 2.32. The highest BCUT2D eigenvalue weighted by atomic mass is 32.1. The standard InChI is InChI=1S/C25H30N4O3S/c1-2-17-7-3-5-9-19(17)32-16-22(30)29-13-11-28(12-14-29)15-21-26-24(31)23-18-8-4-6-10-20(18)33-25(23)27-21/h3,5,7,9H,2,4,6,8,10-16H2,1H3,(H,26,27,31).